The molecule has 4 bridgehead atoms. The van der Waals surface area contributed by atoms with Crippen LogP contribution in [0.15, 0.2) is 97.1 Å². The van der Waals surface area contributed by atoms with Crippen LogP contribution in [0.25, 0.3) is 22.8 Å². The van der Waals surface area contributed by atoms with E-state index < -0.39 is 11.4 Å². The summed E-state index contributed by atoms with van der Waals surface area (Å²) in [7, 11) is 3.32. The second-order valence-electron chi connectivity index (χ2n) is 13.2. The summed E-state index contributed by atoms with van der Waals surface area (Å²) < 4.78 is 27.4. The number of benzene rings is 4. The Balaban J connectivity index is 0.000000135. The number of anilines is 2. The average molecular weight is 669 g/mol. The predicted octanol–water partition coefficient (Wildman–Crippen LogP) is 7.15. The minimum atomic E-state index is -0.604. The Morgan fingerprint density at radius 2 is 1.02 bits per heavy atom. The van der Waals surface area contributed by atoms with Crippen molar-refractivity contribution in [1.29, 1.82) is 0 Å². The van der Waals surface area contributed by atoms with Crippen molar-refractivity contribution in [3.63, 3.8) is 0 Å². The second-order valence-corrected chi connectivity index (χ2v) is 13.2. The Hall–Kier alpha value is -6.04. The van der Waals surface area contributed by atoms with Gasteiger partial charge >= 0.3 is 0 Å². The van der Waals surface area contributed by atoms with Gasteiger partial charge in [0.25, 0.3) is 0 Å². The number of nitrogens with zero attached hydrogens (tertiary/aromatic N) is 6. The summed E-state index contributed by atoms with van der Waals surface area (Å²) in [6.07, 6.45) is 1.55. The quantitative estimate of drug-likeness (QED) is 0.200. The first-order chi connectivity index (χ1) is 24.4. The Morgan fingerprint density at radius 1 is 0.600 bits per heavy atom. The molecule has 0 fully saturated rings. The van der Waals surface area contributed by atoms with Crippen molar-refractivity contribution in [2.45, 2.75) is 50.2 Å². The molecule has 0 unspecified atom stereocenters. The molecule has 2 aromatic heterocycles. The highest BCUT2D eigenvalue weighted by Gasteiger charge is 2.48. The lowest BCUT2D eigenvalue weighted by atomic mass is 9.92. The topological polar surface area (TPSA) is 122 Å². The number of rotatable bonds is 4. The molecule has 0 saturated carbocycles. The molecule has 4 atom stereocenters. The van der Waals surface area contributed by atoms with Gasteiger partial charge in [-0.1, -0.05) is 84.9 Å². The van der Waals surface area contributed by atoms with Crippen molar-refractivity contribution in [3.8, 4) is 45.8 Å². The largest absolute Gasteiger partial charge is 0.493 e. The van der Waals surface area contributed by atoms with E-state index in [1.54, 1.807) is 14.2 Å². The summed E-state index contributed by atoms with van der Waals surface area (Å²) in [5.74, 6) is 5.87. The van der Waals surface area contributed by atoms with Gasteiger partial charge in [0.2, 0.25) is 23.3 Å². The Morgan fingerprint density at radius 3 is 1.42 bits per heavy atom. The van der Waals surface area contributed by atoms with Gasteiger partial charge in [0, 0.05) is 35.1 Å². The first kappa shape index (κ1) is 30.1. The van der Waals surface area contributed by atoms with Crippen LogP contribution < -0.4 is 29.6 Å². The summed E-state index contributed by atoms with van der Waals surface area (Å²) in [4.78, 5) is 9.39. The third-order valence-electron chi connectivity index (χ3n) is 9.80. The lowest BCUT2D eigenvalue weighted by molar-refractivity contribution is -0.0366. The van der Waals surface area contributed by atoms with Gasteiger partial charge in [-0.15, -0.1) is 10.2 Å². The molecule has 12 heteroatoms. The number of ether oxygens (including phenoxy) is 4. The zero-order valence-electron chi connectivity index (χ0n) is 28.1. The summed E-state index contributed by atoms with van der Waals surface area (Å²) in [6, 6.07) is 32.1. The van der Waals surface area contributed by atoms with E-state index in [2.05, 4.69) is 22.8 Å². The van der Waals surface area contributed by atoms with Crippen LogP contribution in [0.1, 0.15) is 49.9 Å². The van der Waals surface area contributed by atoms with Crippen LogP contribution in [0.4, 0.5) is 11.9 Å². The number of nitrogens with one attached hydrogen (secondary N) is 2. The smallest absolute Gasteiger partial charge is 0.225 e. The van der Waals surface area contributed by atoms with E-state index in [1.807, 2.05) is 108 Å². The van der Waals surface area contributed by atoms with Crippen molar-refractivity contribution < 1.29 is 18.9 Å². The lowest BCUT2D eigenvalue weighted by Crippen LogP contribution is -2.47. The van der Waals surface area contributed by atoms with E-state index in [4.69, 9.17) is 39.1 Å². The second kappa shape index (κ2) is 11.3. The number of fused-ring (bicyclic) bond motifs is 12. The minimum absolute atomic E-state index is 0.115. The maximum atomic E-state index is 6.38. The van der Waals surface area contributed by atoms with Crippen LogP contribution in [-0.4, -0.2) is 43.7 Å². The molecule has 0 spiro atoms. The van der Waals surface area contributed by atoms with Gasteiger partial charge in [0.05, 0.1) is 26.3 Å². The lowest BCUT2D eigenvalue weighted by Gasteiger charge is -2.44. The van der Waals surface area contributed by atoms with Crippen LogP contribution in [0.3, 0.4) is 0 Å². The molecular formula is C38H36N8O4. The maximum Gasteiger partial charge on any atom is 0.225 e. The highest BCUT2D eigenvalue weighted by atomic mass is 16.5. The summed E-state index contributed by atoms with van der Waals surface area (Å²) in [5.41, 5.74) is 2.94. The molecule has 252 valence electrons. The highest BCUT2D eigenvalue weighted by Crippen LogP contribution is 2.52. The van der Waals surface area contributed by atoms with Crippen molar-refractivity contribution in [2.24, 2.45) is 0 Å². The third kappa shape index (κ3) is 4.73. The maximum absolute atomic E-state index is 6.38. The predicted molar refractivity (Wildman–Crippen MR) is 187 cm³/mol. The molecule has 2 N–H and O–H groups in total. The van der Waals surface area contributed by atoms with E-state index in [9.17, 15) is 0 Å². The fraction of sp³-hybridized carbons (Fsp3) is 0.263. The van der Waals surface area contributed by atoms with Gasteiger partial charge < -0.3 is 29.6 Å². The highest BCUT2D eigenvalue weighted by molar-refractivity contribution is 5.60. The third-order valence-corrected chi connectivity index (χ3v) is 9.80. The molecule has 6 aromatic rings. The molecule has 0 amide bonds. The molecule has 50 heavy (non-hydrogen) atoms. The fourth-order valence-electron chi connectivity index (χ4n) is 7.37. The molecule has 4 aliphatic heterocycles. The molecule has 6 heterocycles. The van der Waals surface area contributed by atoms with Crippen LogP contribution in [0, 0.1) is 0 Å². The number of para-hydroxylation sites is 2. The zero-order chi connectivity index (χ0) is 34.0. The molecule has 0 radical (unpaired) electrons. The molecule has 12 nitrogen and oxygen atoms in total. The van der Waals surface area contributed by atoms with E-state index in [0.29, 0.717) is 11.6 Å². The number of aromatic nitrogens is 6. The molecule has 4 aromatic carbocycles. The first-order valence-electron chi connectivity index (χ1n) is 16.7. The van der Waals surface area contributed by atoms with Gasteiger partial charge in [-0.05, 0) is 26.0 Å². The molecule has 4 aliphatic rings. The van der Waals surface area contributed by atoms with Gasteiger partial charge in [0.1, 0.15) is 0 Å². The minimum Gasteiger partial charge on any atom is -0.493 e. The Labute approximate surface area is 289 Å². The molecule has 0 aliphatic carbocycles. The zero-order valence-corrected chi connectivity index (χ0v) is 28.1. The van der Waals surface area contributed by atoms with Crippen molar-refractivity contribution in [2.75, 3.05) is 24.9 Å². The van der Waals surface area contributed by atoms with Crippen LogP contribution in [0.5, 0.6) is 23.0 Å². The summed E-state index contributed by atoms with van der Waals surface area (Å²) in [6.45, 7) is 4.09. The van der Waals surface area contributed by atoms with E-state index in [0.717, 1.165) is 70.0 Å². The van der Waals surface area contributed by atoms with Crippen LogP contribution in [-0.2, 0) is 11.4 Å². The molecule has 0 saturated heterocycles. The van der Waals surface area contributed by atoms with E-state index >= 15 is 0 Å². The Bertz CT molecular complexity index is 2060. The number of hydrogen-bond acceptors (Lipinski definition) is 10. The van der Waals surface area contributed by atoms with Crippen LogP contribution >= 0.6 is 0 Å². The fourth-order valence-corrected chi connectivity index (χ4v) is 7.37. The molecule has 10 rings (SSSR count). The standard InChI is InChI=1S/2C19H18N4O2/c2*1-19-11-14(13-9-6-10-15(24-2)16(13)25-19)20-18-21-17(22-23(18)19)12-7-4-3-5-8-12/h2*3-10,14H,11H2,1-2H3,(H,20,21,22)/t2*14-,19-/m10/s1. The van der Waals surface area contributed by atoms with Gasteiger partial charge in [-0.25, -0.2) is 0 Å². The molecular weight excluding hydrogens is 632 g/mol. The average Bonchev–Trinajstić information content (AvgIpc) is 3.79. The number of hydrogen-bond donors (Lipinski definition) is 2. The van der Waals surface area contributed by atoms with Crippen molar-refractivity contribution in [3.05, 3.63) is 108 Å². The van der Waals surface area contributed by atoms with E-state index in [-0.39, 0.29) is 12.1 Å². The van der Waals surface area contributed by atoms with Gasteiger partial charge in [-0.2, -0.15) is 19.3 Å². The van der Waals surface area contributed by atoms with Gasteiger partial charge in [-0.3, -0.25) is 0 Å². The van der Waals surface area contributed by atoms with Crippen molar-refractivity contribution in [1.82, 2.24) is 29.5 Å². The summed E-state index contributed by atoms with van der Waals surface area (Å²) in [5, 5.41) is 16.4. The monoisotopic (exact) mass is 668 g/mol. The van der Waals surface area contributed by atoms with Gasteiger partial charge in [0.15, 0.2) is 34.6 Å². The summed E-state index contributed by atoms with van der Waals surface area (Å²) >= 11 is 0. The van der Waals surface area contributed by atoms with Crippen LogP contribution in [0.2, 0.25) is 0 Å². The normalized spacial score (nSPS) is 23.0. The van der Waals surface area contributed by atoms with Crippen molar-refractivity contribution >= 4 is 11.9 Å². The first-order valence-corrected chi connectivity index (χ1v) is 16.7. The Kier molecular flexibility index (Phi) is 6.77. The SMILES string of the molecule is COc1cccc2c1O[C@@]1(C)C[C@@H]2Nc2nc(-c3ccccc3)nn21.COc1cccc2c1O[C@]1(C)C[C@H]2Nc2nc(-c3ccccc3)nn21. The van der Waals surface area contributed by atoms with E-state index in [1.165, 1.54) is 0 Å². The number of methoxy groups -OCH3 is 2.